The van der Waals surface area contributed by atoms with E-state index in [-0.39, 0.29) is 5.91 Å². The largest absolute Gasteiger partial charge is 0.337 e. The fraction of sp³-hybridized carbons (Fsp3) is 0.471. The van der Waals surface area contributed by atoms with Gasteiger partial charge < -0.3 is 10.6 Å². The summed E-state index contributed by atoms with van der Waals surface area (Å²) in [6.45, 7) is 4.14. The van der Waals surface area contributed by atoms with Crippen molar-refractivity contribution in [3.8, 4) is 5.69 Å². The third-order valence-electron chi connectivity index (χ3n) is 4.59. The fourth-order valence-corrected chi connectivity index (χ4v) is 3.31. The molecule has 2 heterocycles. The summed E-state index contributed by atoms with van der Waals surface area (Å²) >= 11 is 6.06. The van der Waals surface area contributed by atoms with Crippen LogP contribution in [-0.4, -0.2) is 45.4 Å². The molecule has 1 saturated heterocycles. The zero-order valence-electron chi connectivity index (χ0n) is 13.8. The number of hydrogen-bond donors (Lipinski definition) is 1. The first-order valence-electron chi connectivity index (χ1n) is 8.34. The van der Waals surface area contributed by atoms with E-state index in [4.69, 9.17) is 17.3 Å². The lowest BCUT2D eigenvalue weighted by molar-refractivity contribution is 0.0686. The normalized spacial score (nSPS) is 15.7. The topological polar surface area (TPSA) is 77.0 Å². The second-order valence-electron chi connectivity index (χ2n) is 6.10. The second kappa shape index (κ2) is 7.32. The Morgan fingerprint density at radius 3 is 2.75 bits per heavy atom. The van der Waals surface area contributed by atoms with Crippen LogP contribution in [0.15, 0.2) is 24.3 Å². The van der Waals surface area contributed by atoms with Crippen molar-refractivity contribution in [1.82, 2.24) is 19.9 Å². The molecular weight excluding hydrogens is 326 g/mol. The van der Waals surface area contributed by atoms with Crippen LogP contribution in [0.1, 0.15) is 35.9 Å². The number of nitrogens with zero attached hydrogens (tertiary/aromatic N) is 4. The first kappa shape index (κ1) is 16.9. The molecule has 0 aliphatic carbocycles. The van der Waals surface area contributed by atoms with E-state index in [2.05, 4.69) is 10.3 Å². The average Bonchev–Trinajstić information content (AvgIpc) is 3.05. The number of rotatable bonds is 4. The molecule has 0 spiro atoms. The standard InChI is InChI=1S/C17H22ClN5O/c1-2-15-16(17(24)22-8-6-12(11-19)7-9-22)20-21-23(15)14-5-3-4-13(18)10-14/h3-5,10,12H,2,6-9,11,19H2,1H3. The van der Waals surface area contributed by atoms with Gasteiger partial charge >= 0.3 is 0 Å². The van der Waals surface area contributed by atoms with Gasteiger partial charge in [-0.1, -0.05) is 29.8 Å². The molecule has 2 aromatic rings. The van der Waals surface area contributed by atoms with Gasteiger partial charge in [0.15, 0.2) is 5.69 Å². The monoisotopic (exact) mass is 347 g/mol. The van der Waals surface area contributed by atoms with Gasteiger partial charge in [0, 0.05) is 18.1 Å². The number of piperidine rings is 1. The van der Waals surface area contributed by atoms with Crippen molar-refractivity contribution >= 4 is 17.5 Å². The Kier molecular flexibility index (Phi) is 5.16. The Bertz CT molecular complexity index is 722. The van der Waals surface area contributed by atoms with E-state index < -0.39 is 0 Å². The molecule has 1 aromatic carbocycles. The summed E-state index contributed by atoms with van der Waals surface area (Å²) in [6, 6.07) is 7.39. The maximum Gasteiger partial charge on any atom is 0.276 e. The highest BCUT2D eigenvalue weighted by Crippen LogP contribution is 2.21. The molecule has 0 bridgehead atoms. The van der Waals surface area contributed by atoms with Crippen molar-refractivity contribution in [2.24, 2.45) is 11.7 Å². The van der Waals surface area contributed by atoms with E-state index in [9.17, 15) is 4.79 Å². The summed E-state index contributed by atoms with van der Waals surface area (Å²) in [5.41, 5.74) is 7.78. The lowest BCUT2D eigenvalue weighted by atomic mass is 9.97. The molecule has 1 fully saturated rings. The number of likely N-dealkylation sites (tertiary alicyclic amines) is 1. The van der Waals surface area contributed by atoms with Crippen LogP contribution in [0.2, 0.25) is 5.02 Å². The van der Waals surface area contributed by atoms with Gasteiger partial charge in [-0.15, -0.1) is 5.10 Å². The summed E-state index contributed by atoms with van der Waals surface area (Å²) in [5.74, 6) is 0.470. The Labute approximate surface area is 146 Å². The molecule has 1 aliphatic heterocycles. The predicted molar refractivity (Wildman–Crippen MR) is 93.4 cm³/mol. The molecule has 2 N–H and O–H groups in total. The van der Waals surface area contributed by atoms with Crippen molar-refractivity contribution in [3.63, 3.8) is 0 Å². The molecule has 24 heavy (non-hydrogen) atoms. The first-order valence-corrected chi connectivity index (χ1v) is 8.71. The number of aromatic nitrogens is 3. The molecule has 0 unspecified atom stereocenters. The Balaban J connectivity index is 1.85. The Hall–Kier alpha value is -1.92. The van der Waals surface area contributed by atoms with Crippen LogP contribution < -0.4 is 5.73 Å². The number of carbonyl (C=O) groups excluding carboxylic acids is 1. The second-order valence-corrected chi connectivity index (χ2v) is 6.54. The molecule has 0 atom stereocenters. The minimum atomic E-state index is -0.0457. The molecule has 1 aliphatic rings. The van der Waals surface area contributed by atoms with Crippen LogP contribution in [-0.2, 0) is 6.42 Å². The molecule has 1 aromatic heterocycles. The van der Waals surface area contributed by atoms with Crippen molar-refractivity contribution < 1.29 is 4.79 Å². The van der Waals surface area contributed by atoms with Crippen LogP contribution in [0.3, 0.4) is 0 Å². The van der Waals surface area contributed by atoms with E-state index in [0.717, 1.165) is 37.3 Å². The number of amides is 1. The maximum absolute atomic E-state index is 12.8. The maximum atomic E-state index is 12.8. The highest BCUT2D eigenvalue weighted by Gasteiger charge is 2.27. The zero-order chi connectivity index (χ0) is 17.1. The van der Waals surface area contributed by atoms with Crippen LogP contribution in [0.5, 0.6) is 0 Å². The third kappa shape index (κ3) is 3.30. The molecule has 3 rings (SSSR count). The fourth-order valence-electron chi connectivity index (χ4n) is 3.12. The minimum absolute atomic E-state index is 0.0457. The number of halogens is 1. The van der Waals surface area contributed by atoms with Crippen LogP contribution in [0.25, 0.3) is 5.69 Å². The van der Waals surface area contributed by atoms with Gasteiger partial charge in [-0.3, -0.25) is 4.79 Å². The van der Waals surface area contributed by atoms with E-state index in [0.29, 0.717) is 29.6 Å². The van der Waals surface area contributed by atoms with Gasteiger partial charge in [-0.05, 0) is 49.9 Å². The molecule has 7 heteroatoms. The van der Waals surface area contributed by atoms with Crippen LogP contribution in [0.4, 0.5) is 0 Å². The van der Waals surface area contributed by atoms with E-state index >= 15 is 0 Å². The van der Waals surface area contributed by atoms with Gasteiger partial charge in [-0.25, -0.2) is 4.68 Å². The number of carbonyl (C=O) groups is 1. The molecule has 0 radical (unpaired) electrons. The number of benzene rings is 1. The molecule has 1 amide bonds. The van der Waals surface area contributed by atoms with E-state index in [1.165, 1.54) is 0 Å². The van der Waals surface area contributed by atoms with E-state index in [1.54, 1.807) is 10.7 Å². The van der Waals surface area contributed by atoms with Crippen LogP contribution >= 0.6 is 11.6 Å². The number of hydrogen-bond acceptors (Lipinski definition) is 4. The lowest BCUT2D eigenvalue weighted by Crippen LogP contribution is -2.40. The molecule has 6 nitrogen and oxygen atoms in total. The van der Waals surface area contributed by atoms with Crippen molar-refractivity contribution in [2.45, 2.75) is 26.2 Å². The van der Waals surface area contributed by atoms with Crippen molar-refractivity contribution in [2.75, 3.05) is 19.6 Å². The summed E-state index contributed by atoms with van der Waals surface area (Å²) in [7, 11) is 0. The number of nitrogens with two attached hydrogens (primary N) is 1. The van der Waals surface area contributed by atoms with Crippen molar-refractivity contribution in [3.05, 3.63) is 40.7 Å². The molecular formula is C17H22ClN5O. The minimum Gasteiger partial charge on any atom is -0.337 e. The summed E-state index contributed by atoms with van der Waals surface area (Å²) in [5, 5.41) is 8.97. The average molecular weight is 348 g/mol. The highest BCUT2D eigenvalue weighted by atomic mass is 35.5. The smallest absolute Gasteiger partial charge is 0.276 e. The Morgan fingerprint density at radius 2 is 2.12 bits per heavy atom. The predicted octanol–water partition coefficient (Wildman–Crippen LogP) is 2.29. The Morgan fingerprint density at radius 1 is 1.38 bits per heavy atom. The highest BCUT2D eigenvalue weighted by molar-refractivity contribution is 6.30. The SMILES string of the molecule is CCc1c(C(=O)N2CCC(CN)CC2)nnn1-c1cccc(Cl)c1. The van der Waals surface area contributed by atoms with Gasteiger partial charge in [0.25, 0.3) is 5.91 Å². The van der Waals surface area contributed by atoms with Gasteiger partial charge in [-0.2, -0.15) is 0 Å². The lowest BCUT2D eigenvalue weighted by Gasteiger charge is -2.31. The molecule has 0 saturated carbocycles. The van der Waals surface area contributed by atoms with Crippen molar-refractivity contribution in [1.29, 1.82) is 0 Å². The first-order chi connectivity index (χ1) is 11.6. The van der Waals surface area contributed by atoms with Gasteiger partial charge in [0.2, 0.25) is 0 Å². The quantitative estimate of drug-likeness (QED) is 0.920. The summed E-state index contributed by atoms with van der Waals surface area (Å²) < 4.78 is 1.70. The van der Waals surface area contributed by atoms with Gasteiger partial charge in [0.1, 0.15) is 0 Å². The summed E-state index contributed by atoms with van der Waals surface area (Å²) in [6.07, 6.45) is 2.57. The van der Waals surface area contributed by atoms with Gasteiger partial charge in [0.05, 0.1) is 11.4 Å². The summed E-state index contributed by atoms with van der Waals surface area (Å²) in [4.78, 5) is 14.7. The molecule has 128 valence electrons. The third-order valence-corrected chi connectivity index (χ3v) is 4.82. The van der Waals surface area contributed by atoms with Crippen LogP contribution in [0, 0.1) is 5.92 Å². The zero-order valence-corrected chi connectivity index (χ0v) is 14.5. The van der Waals surface area contributed by atoms with E-state index in [1.807, 2.05) is 30.0 Å².